The summed E-state index contributed by atoms with van der Waals surface area (Å²) >= 11 is 0. The summed E-state index contributed by atoms with van der Waals surface area (Å²) in [6.07, 6.45) is 4.67. The van der Waals surface area contributed by atoms with E-state index in [-0.39, 0.29) is 11.8 Å². The molecule has 0 spiro atoms. The molecule has 0 bridgehead atoms. The largest absolute Gasteiger partial charge is 0.322 e. The van der Waals surface area contributed by atoms with Gasteiger partial charge in [0.25, 0.3) is 5.91 Å². The Bertz CT molecular complexity index is 691. The smallest absolute Gasteiger partial charge is 0.257 e. The van der Waals surface area contributed by atoms with Crippen molar-refractivity contribution in [3.63, 3.8) is 0 Å². The minimum atomic E-state index is -0.185. The minimum Gasteiger partial charge on any atom is -0.322 e. The van der Waals surface area contributed by atoms with Crippen molar-refractivity contribution in [2.24, 2.45) is 5.92 Å². The van der Waals surface area contributed by atoms with Gasteiger partial charge in [0.15, 0.2) is 0 Å². The quantitative estimate of drug-likeness (QED) is 0.861. The van der Waals surface area contributed by atoms with Gasteiger partial charge in [-0.15, -0.1) is 0 Å². The lowest BCUT2D eigenvalue weighted by Gasteiger charge is -2.21. The van der Waals surface area contributed by atoms with Crippen LogP contribution in [0.5, 0.6) is 0 Å². The highest BCUT2D eigenvalue weighted by Crippen LogP contribution is 2.31. The molecule has 1 aromatic heterocycles. The van der Waals surface area contributed by atoms with Gasteiger partial charge in [-0.25, -0.2) is 0 Å². The number of nitrogens with one attached hydrogen (secondary N) is 1. The number of nitriles is 1. The van der Waals surface area contributed by atoms with Crippen LogP contribution in [-0.2, 0) is 0 Å². The zero-order valence-corrected chi connectivity index (χ0v) is 13.5. The number of carbonyl (C=O) groups excluding carboxylic acids is 1. The van der Waals surface area contributed by atoms with Crippen LogP contribution in [0.4, 0.5) is 5.69 Å². The second kappa shape index (κ2) is 8.09. The summed E-state index contributed by atoms with van der Waals surface area (Å²) in [6.45, 7) is 4.28. The third-order valence-electron chi connectivity index (χ3n) is 4.14. The summed E-state index contributed by atoms with van der Waals surface area (Å²) in [6, 6.07) is 13.5. The Morgan fingerprint density at radius 3 is 2.83 bits per heavy atom. The predicted molar refractivity (Wildman–Crippen MR) is 91.1 cm³/mol. The van der Waals surface area contributed by atoms with E-state index >= 15 is 0 Å². The molecule has 0 saturated carbocycles. The van der Waals surface area contributed by atoms with Crippen molar-refractivity contribution in [3.05, 3.63) is 59.9 Å². The first-order valence-electron chi connectivity index (χ1n) is 7.84. The molecule has 1 amide bonds. The molecule has 118 valence electrons. The standard InChI is InChI=1S/C19H21N3O/c1-3-14(2)18(9-10-20)15-6-4-8-17(12-15)22-19(23)16-7-5-11-21-13-16/h4-8,11-14,18H,3,9H2,1-2H3,(H,22,23). The van der Waals surface area contributed by atoms with Gasteiger partial charge in [0.2, 0.25) is 0 Å². The number of amides is 1. The van der Waals surface area contributed by atoms with E-state index in [9.17, 15) is 4.79 Å². The molecule has 2 rings (SSSR count). The number of benzene rings is 1. The Kier molecular flexibility index (Phi) is 5.87. The summed E-state index contributed by atoms with van der Waals surface area (Å²) in [7, 11) is 0. The molecule has 0 fully saturated rings. The maximum atomic E-state index is 12.2. The van der Waals surface area contributed by atoms with Gasteiger partial charge >= 0.3 is 0 Å². The van der Waals surface area contributed by atoms with Gasteiger partial charge in [0, 0.05) is 24.5 Å². The van der Waals surface area contributed by atoms with Crippen LogP contribution in [0.2, 0.25) is 0 Å². The summed E-state index contributed by atoms with van der Waals surface area (Å²) < 4.78 is 0. The molecule has 0 aliphatic rings. The zero-order valence-electron chi connectivity index (χ0n) is 13.5. The molecule has 4 heteroatoms. The molecule has 23 heavy (non-hydrogen) atoms. The zero-order chi connectivity index (χ0) is 16.7. The van der Waals surface area contributed by atoms with E-state index in [0.717, 1.165) is 17.7 Å². The number of pyridine rings is 1. The number of nitrogens with zero attached hydrogens (tertiary/aromatic N) is 2. The van der Waals surface area contributed by atoms with Gasteiger partial charge in [-0.3, -0.25) is 9.78 Å². The molecule has 0 saturated heterocycles. The van der Waals surface area contributed by atoms with Crippen molar-refractivity contribution < 1.29 is 4.79 Å². The summed E-state index contributed by atoms with van der Waals surface area (Å²) in [4.78, 5) is 16.2. The van der Waals surface area contributed by atoms with Crippen molar-refractivity contribution in [3.8, 4) is 6.07 Å². The van der Waals surface area contributed by atoms with E-state index in [0.29, 0.717) is 17.9 Å². The lowest BCUT2D eigenvalue weighted by molar-refractivity contribution is 0.102. The number of hydrogen-bond acceptors (Lipinski definition) is 3. The first-order chi connectivity index (χ1) is 11.2. The third-order valence-corrected chi connectivity index (χ3v) is 4.14. The average Bonchev–Trinajstić information content (AvgIpc) is 2.60. The average molecular weight is 307 g/mol. The summed E-state index contributed by atoms with van der Waals surface area (Å²) in [5, 5.41) is 12.0. The van der Waals surface area contributed by atoms with Gasteiger partial charge in [-0.2, -0.15) is 5.26 Å². The Morgan fingerprint density at radius 2 is 2.17 bits per heavy atom. The van der Waals surface area contributed by atoms with Gasteiger partial charge in [0.05, 0.1) is 11.6 Å². The number of aromatic nitrogens is 1. The van der Waals surface area contributed by atoms with E-state index in [1.807, 2.05) is 24.3 Å². The highest BCUT2D eigenvalue weighted by Gasteiger charge is 2.18. The maximum Gasteiger partial charge on any atom is 0.257 e. The van der Waals surface area contributed by atoms with Crippen molar-refractivity contribution >= 4 is 11.6 Å². The molecule has 2 aromatic rings. The molecule has 2 atom stereocenters. The van der Waals surface area contributed by atoms with Crippen molar-refractivity contribution in [2.75, 3.05) is 5.32 Å². The van der Waals surface area contributed by atoms with Crippen molar-refractivity contribution in [1.29, 1.82) is 5.26 Å². The lowest BCUT2D eigenvalue weighted by atomic mass is 9.83. The minimum absolute atomic E-state index is 0.181. The molecule has 1 heterocycles. The monoisotopic (exact) mass is 307 g/mol. The van der Waals surface area contributed by atoms with Crippen LogP contribution in [0.15, 0.2) is 48.8 Å². The predicted octanol–water partition coefficient (Wildman–Crippen LogP) is 4.38. The molecule has 2 unspecified atom stereocenters. The van der Waals surface area contributed by atoms with Crippen LogP contribution in [0, 0.1) is 17.2 Å². The van der Waals surface area contributed by atoms with Crippen LogP contribution >= 0.6 is 0 Å². The van der Waals surface area contributed by atoms with E-state index < -0.39 is 0 Å². The van der Waals surface area contributed by atoms with Crippen LogP contribution in [0.25, 0.3) is 0 Å². The molecule has 1 aromatic carbocycles. The molecule has 1 N–H and O–H groups in total. The maximum absolute atomic E-state index is 12.2. The van der Waals surface area contributed by atoms with E-state index in [4.69, 9.17) is 5.26 Å². The van der Waals surface area contributed by atoms with Crippen molar-refractivity contribution in [1.82, 2.24) is 4.98 Å². The molecule has 0 aliphatic heterocycles. The fourth-order valence-electron chi connectivity index (χ4n) is 2.58. The fraction of sp³-hybridized carbons (Fsp3) is 0.316. The highest BCUT2D eigenvalue weighted by molar-refractivity contribution is 6.04. The Balaban J connectivity index is 2.19. The van der Waals surface area contributed by atoms with Gasteiger partial charge in [0.1, 0.15) is 0 Å². The number of anilines is 1. The molecular formula is C19H21N3O. The normalized spacial score (nSPS) is 12.9. The Labute approximate surface area is 137 Å². The molecule has 0 aliphatic carbocycles. The Hall–Kier alpha value is -2.67. The SMILES string of the molecule is CCC(C)C(CC#N)c1cccc(NC(=O)c2cccnc2)c1. The van der Waals surface area contributed by atoms with Crippen molar-refractivity contribution in [2.45, 2.75) is 32.6 Å². The van der Waals surface area contributed by atoms with E-state index in [2.05, 4.69) is 30.2 Å². The summed E-state index contributed by atoms with van der Waals surface area (Å²) in [5.74, 6) is 0.412. The number of hydrogen-bond donors (Lipinski definition) is 1. The van der Waals surface area contributed by atoms with Gasteiger partial charge < -0.3 is 5.32 Å². The molecule has 0 radical (unpaired) electrons. The van der Waals surface area contributed by atoms with E-state index in [1.165, 1.54) is 6.20 Å². The van der Waals surface area contributed by atoms with Gasteiger partial charge in [-0.05, 0) is 41.7 Å². The number of carbonyl (C=O) groups is 1. The van der Waals surface area contributed by atoms with Crippen LogP contribution in [0.3, 0.4) is 0 Å². The first-order valence-corrected chi connectivity index (χ1v) is 7.84. The topological polar surface area (TPSA) is 65.8 Å². The first kappa shape index (κ1) is 16.7. The number of rotatable bonds is 6. The lowest BCUT2D eigenvalue weighted by Crippen LogP contribution is -2.13. The second-order valence-corrected chi connectivity index (χ2v) is 5.68. The third kappa shape index (κ3) is 4.40. The molecule has 4 nitrogen and oxygen atoms in total. The van der Waals surface area contributed by atoms with Crippen LogP contribution < -0.4 is 5.32 Å². The summed E-state index contributed by atoms with van der Waals surface area (Å²) in [5.41, 5.74) is 2.35. The highest BCUT2D eigenvalue weighted by atomic mass is 16.1. The van der Waals surface area contributed by atoms with Gasteiger partial charge in [-0.1, -0.05) is 32.4 Å². The Morgan fingerprint density at radius 1 is 1.35 bits per heavy atom. The second-order valence-electron chi connectivity index (χ2n) is 5.68. The van der Waals surface area contributed by atoms with E-state index in [1.54, 1.807) is 18.3 Å². The molecular weight excluding hydrogens is 286 g/mol. The van der Waals surface area contributed by atoms with Crippen LogP contribution in [0.1, 0.15) is 48.5 Å². The van der Waals surface area contributed by atoms with Crippen LogP contribution in [-0.4, -0.2) is 10.9 Å². The fourth-order valence-corrected chi connectivity index (χ4v) is 2.58.